The van der Waals surface area contributed by atoms with Crippen molar-refractivity contribution >= 4 is 24.1 Å². The number of nitrogens with one attached hydrogen (secondary N) is 1. The van der Waals surface area contributed by atoms with E-state index in [1.54, 1.807) is 25.3 Å². The fraction of sp³-hybridized carbons (Fsp3) is 0.529. The van der Waals surface area contributed by atoms with Gasteiger partial charge in [0.05, 0.1) is 19.1 Å². The van der Waals surface area contributed by atoms with Gasteiger partial charge in [-0.05, 0) is 38.0 Å². The second-order valence-corrected chi connectivity index (χ2v) is 6.00. The number of halogens is 1. The predicted molar refractivity (Wildman–Crippen MR) is 92.3 cm³/mol. The van der Waals surface area contributed by atoms with Crippen LogP contribution in [0.2, 0.25) is 0 Å². The van der Waals surface area contributed by atoms with E-state index in [9.17, 15) is 9.59 Å². The number of amides is 1. The molecule has 0 saturated heterocycles. The zero-order valence-electron chi connectivity index (χ0n) is 13.7. The number of carbonyl (C=O) groups is 2. The lowest BCUT2D eigenvalue weighted by molar-refractivity contribution is -0.122. The summed E-state index contributed by atoms with van der Waals surface area (Å²) in [6.45, 7) is 1.97. The summed E-state index contributed by atoms with van der Waals surface area (Å²) in [6, 6.07) is 5.17. The normalized spacial score (nSPS) is 15.6. The molecular weight excluding hydrogens is 316 g/mol. The molecule has 0 radical (unpaired) electrons. The van der Waals surface area contributed by atoms with Crippen molar-refractivity contribution in [3.8, 4) is 5.75 Å². The maximum absolute atomic E-state index is 12.4. The number of ether oxygens (including phenoxy) is 1. The zero-order valence-corrected chi connectivity index (χ0v) is 14.5. The average Bonchev–Trinajstić information content (AvgIpc) is 2.96. The maximum atomic E-state index is 12.4. The molecule has 0 unspecified atom stereocenters. The van der Waals surface area contributed by atoms with Crippen LogP contribution in [0.1, 0.15) is 48.5 Å². The molecule has 1 saturated carbocycles. The highest BCUT2D eigenvalue weighted by molar-refractivity contribution is 5.94. The molecule has 0 spiro atoms. The predicted octanol–water partition coefficient (Wildman–Crippen LogP) is 2.25. The molecule has 0 aliphatic heterocycles. The Morgan fingerprint density at radius 3 is 2.48 bits per heavy atom. The molecule has 0 aromatic heterocycles. The molecule has 1 amide bonds. The molecule has 6 heteroatoms. The lowest BCUT2D eigenvalue weighted by Gasteiger charge is -2.28. The van der Waals surface area contributed by atoms with Crippen LogP contribution in [-0.4, -0.2) is 30.9 Å². The monoisotopic (exact) mass is 340 g/mol. The largest absolute Gasteiger partial charge is 0.496 e. The Bertz CT molecular complexity index is 569. The van der Waals surface area contributed by atoms with Crippen LogP contribution in [0.5, 0.6) is 5.75 Å². The van der Waals surface area contributed by atoms with Gasteiger partial charge in [0, 0.05) is 17.7 Å². The third-order valence-corrected chi connectivity index (χ3v) is 4.39. The first-order valence-electron chi connectivity index (χ1n) is 7.68. The van der Waals surface area contributed by atoms with Gasteiger partial charge in [-0.3, -0.25) is 9.59 Å². The van der Waals surface area contributed by atoms with E-state index in [2.05, 4.69) is 5.32 Å². The number of hydrogen-bond donors (Lipinski definition) is 2. The summed E-state index contributed by atoms with van der Waals surface area (Å²) >= 11 is 0. The zero-order chi connectivity index (χ0) is 16.2. The van der Waals surface area contributed by atoms with Crippen molar-refractivity contribution in [1.29, 1.82) is 0 Å². The second-order valence-electron chi connectivity index (χ2n) is 6.00. The Kier molecular flexibility index (Phi) is 7.03. The average molecular weight is 341 g/mol. The third kappa shape index (κ3) is 4.69. The highest BCUT2D eigenvalue weighted by Crippen LogP contribution is 2.29. The minimum absolute atomic E-state index is 0. The van der Waals surface area contributed by atoms with Crippen LogP contribution in [0.3, 0.4) is 0 Å². The highest BCUT2D eigenvalue weighted by Gasteiger charge is 2.33. The fourth-order valence-electron chi connectivity index (χ4n) is 3.08. The van der Waals surface area contributed by atoms with Gasteiger partial charge in [0.25, 0.3) is 0 Å². The van der Waals surface area contributed by atoms with Crippen LogP contribution in [-0.2, 0) is 11.2 Å². The molecule has 1 aromatic rings. The van der Waals surface area contributed by atoms with E-state index in [-0.39, 0.29) is 36.1 Å². The lowest BCUT2D eigenvalue weighted by atomic mass is 9.97. The molecule has 5 nitrogen and oxygen atoms in total. The minimum atomic E-state index is -0.261. The van der Waals surface area contributed by atoms with E-state index < -0.39 is 0 Å². The summed E-state index contributed by atoms with van der Waals surface area (Å²) in [7, 11) is 1.56. The van der Waals surface area contributed by atoms with Crippen molar-refractivity contribution in [2.75, 3.05) is 13.7 Å². The molecule has 1 aliphatic rings. The molecule has 128 valence electrons. The van der Waals surface area contributed by atoms with Crippen LogP contribution in [0.4, 0.5) is 0 Å². The molecule has 0 heterocycles. The summed E-state index contributed by atoms with van der Waals surface area (Å²) in [5.74, 6) is 0.512. The summed E-state index contributed by atoms with van der Waals surface area (Å²) in [5.41, 5.74) is 6.89. The number of rotatable bonds is 6. The van der Waals surface area contributed by atoms with Crippen LogP contribution in [0, 0.1) is 0 Å². The van der Waals surface area contributed by atoms with Gasteiger partial charge in [-0.1, -0.05) is 12.8 Å². The van der Waals surface area contributed by atoms with E-state index in [4.69, 9.17) is 10.5 Å². The number of nitrogens with two attached hydrogens (primary N) is 1. The summed E-state index contributed by atoms with van der Waals surface area (Å²) in [5, 5.41) is 3.09. The first kappa shape index (κ1) is 19.5. The lowest BCUT2D eigenvalue weighted by Crippen LogP contribution is -2.52. The summed E-state index contributed by atoms with van der Waals surface area (Å²) in [4.78, 5) is 23.9. The topological polar surface area (TPSA) is 81.4 Å². The quantitative estimate of drug-likeness (QED) is 0.778. The maximum Gasteiger partial charge on any atom is 0.225 e. The van der Waals surface area contributed by atoms with Crippen molar-refractivity contribution in [1.82, 2.24) is 5.32 Å². The van der Waals surface area contributed by atoms with Gasteiger partial charge in [-0.15, -0.1) is 12.4 Å². The van der Waals surface area contributed by atoms with Gasteiger partial charge >= 0.3 is 0 Å². The Labute approximate surface area is 143 Å². The van der Waals surface area contributed by atoms with Crippen LogP contribution >= 0.6 is 12.4 Å². The molecule has 1 fully saturated rings. The van der Waals surface area contributed by atoms with Crippen molar-refractivity contribution in [2.45, 2.75) is 44.6 Å². The smallest absolute Gasteiger partial charge is 0.225 e. The fourth-order valence-corrected chi connectivity index (χ4v) is 3.08. The van der Waals surface area contributed by atoms with Crippen molar-refractivity contribution in [2.24, 2.45) is 5.73 Å². The second kappa shape index (κ2) is 8.31. The first-order valence-corrected chi connectivity index (χ1v) is 7.68. The Morgan fingerprint density at radius 1 is 1.30 bits per heavy atom. The van der Waals surface area contributed by atoms with E-state index in [1.165, 1.54) is 6.92 Å². The summed E-state index contributed by atoms with van der Waals surface area (Å²) in [6.07, 6.45) is 4.24. The molecule has 1 aromatic carbocycles. The molecule has 0 bridgehead atoms. The van der Waals surface area contributed by atoms with Gasteiger partial charge in [0.15, 0.2) is 5.78 Å². The molecule has 2 rings (SSSR count). The van der Waals surface area contributed by atoms with Crippen LogP contribution in [0.15, 0.2) is 18.2 Å². The van der Waals surface area contributed by atoms with E-state index >= 15 is 0 Å². The molecule has 3 N–H and O–H groups in total. The van der Waals surface area contributed by atoms with Crippen molar-refractivity contribution in [3.05, 3.63) is 29.3 Å². The van der Waals surface area contributed by atoms with Crippen LogP contribution in [0.25, 0.3) is 0 Å². The van der Waals surface area contributed by atoms with E-state index in [1.807, 2.05) is 0 Å². The van der Waals surface area contributed by atoms with E-state index in [0.717, 1.165) is 31.2 Å². The van der Waals surface area contributed by atoms with Gasteiger partial charge < -0.3 is 15.8 Å². The number of ketones is 1. The van der Waals surface area contributed by atoms with Gasteiger partial charge in [-0.2, -0.15) is 0 Å². The summed E-state index contributed by atoms with van der Waals surface area (Å²) < 4.78 is 5.29. The number of carbonyl (C=O) groups excluding carboxylic acids is 2. The van der Waals surface area contributed by atoms with Crippen molar-refractivity contribution < 1.29 is 14.3 Å². The number of hydrogen-bond acceptors (Lipinski definition) is 4. The number of Topliss-reactive ketones (excluding diaryl/α,β-unsaturated/α-hetero) is 1. The molecule has 23 heavy (non-hydrogen) atoms. The SMILES string of the molecule is COc1ccc(C(C)=O)cc1CC(=O)NC1(CN)CCCC1.Cl. The first-order chi connectivity index (χ1) is 10.5. The minimum Gasteiger partial charge on any atom is -0.496 e. The Morgan fingerprint density at radius 2 is 1.96 bits per heavy atom. The molecular formula is C17H25ClN2O3. The number of methoxy groups -OCH3 is 1. The standard InChI is InChI=1S/C17H24N2O3.ClH/c1-12(20)13-5-6-15(22-2)14(9-13)10-16(21)19-17(11-18)7-3-4-8-17;/h5-6,9H,3-4,7-8,10-11,18H2,1-2H3,(H,19,21);1H. The Hall–Kier alpha value is -1.59. The number of benzene rings is 1. The highest BCUT2D eigenvalue weighted by atomic mass is 35.5. The van der Waals surface area contributed by atoms with Crippen LogP contribution < -0.4 is 15.8 Å². The third-order valence-electron chi connectivity index (χ3n) is 4.39. The van der Waals surface area contributed by atoms with E-state index in [0.29, 0.717) is 17.9 Å². The van der Waals surface area contributed by atoms with Crippen molar-refractivity contribution in [3.63, 3.8) is 0 Å². The molecule has 1 aliphatic carbocycles. The molecule has 0 atom stereocenters. The van der Waals surface area contributed by atoms with Gasteiger partial charge in [0.1, 0.15) is 5.75 Å². The van der Waals surface area contributed by atoms with Gasteiger partial charge in [-0.25, -0.2) is 0 Å². The Balaban J connectivity index is 0.00000264. The van der Waals surface area contributed by atoms with Gasteiger partial charge in [0.2, 0.25) is 5.91 Å².